The number of fused-ring (bicyclic) bond motifs is 1. The highest BCUT2D eigenvalue weighted by molar-refractivity contribution is 9.10. The van der Waals surface area contributed by atoms with Crippen LogP contribution >= 0.6 is 27.7 Å². The molecule has 2 aliphatic heterocycles. The van der Waals surface area contributed by atoms with E-state index < -0.39 is 0 Å². The molecule has 1 aromatic heterocycles. The third kappa shape index (κ3) is 3.62. The third-order valence-electron chi connectivity index (χ3n) is 4.85. The van der Waals surface area contributed by atoms with Crippen LogP contribution in [0.25, 0.3) is 0 Å². The monoisotopic (exact) mass is 461 g/mol. The molecule has 7 heteroatoms. The maximum absolute atomic E-state index is 5.94. The molecule has 0 aliphatic carbocycles. The Hall–Kier alpha value is -1.73. The van der Waals surface area contributed by atoms with E-state index in [0.29, 0.717) is 5.25 Å². The number of hydrogen-bond acceptors (Lipinski definition) is 6. The molecule has 0 bridgehead atoms. The summed E-state index contributed by atoms with van der Waals surface area (Å²) in [6.45, 7) is 7.24. The minimum Gasteiger partial charge on any atom is -0.493 e. The van der Waals surface area contributed by atoms with Crippen LogP contribution in [0.3, 0.4) is 0 Å². The Morgan fingerprint density at radius 1 is 1.25 bits per heavy atom. The number of halogens is 1. The molecule has 0 unspecified atom stereocenters. The Kier molecular flexibility index (Phi) is 5.56. The van der Waals surface area contributed by atoms with Gasteiger partial charge in [-0.2, -0.15) is 0 Å². The van der Waals surface area contributed by atoms with Crippen LogP contribution in [0.4, 0.5) is 0 Å². The number of aromatic nitrogens is 1. The van der Waals surface area contributed by atoms with Crippen LogP contribution in [-0.4, -0.2) is 40.1 Å². The number of methoxy groups -OCH3 is 1. The second-order valence-corrected chi connectivity index (χ2v) is 9.59. The topological polar surface area (TPSA) is 47.0 Å². The van der Waals surface area contributed by atoms with E-state index in [1.165, 1.54) is 0 Å². The van der Waals surface area contributed by atoms with Crippen molar-refractivity contribution >= 4 is 32.9 Å². The molecule has 1 aromatic carbocycles. The summed E-state index contributed by atoms with van der Waals surface area (Å²) in [6, 6.07) is 10.1. The van der Waals surface area contributed by atoms with Crippen molar-refractivity contribution in [2.75, 3.05) is 13.7 Å². The average molecular weight is 462 g/mol. The van der Waals surface area contributed by atoms with Crippen LogP contribution in [0.5, 0.6) is 11.5 Å². The second-order valence-electron chi connectivity index (χ2n) is 7.33. The van der Waals surface area contributed by atoms with Crippen LogP contribution in [0.2, 0.25) is 0 Å². The zero-order valence-corrected chi connectivity index (χ0v) is 18.8. The van der Waals surface area contributed by atoms with Crippen LogP contribution in [-0.2, 0) is 0 Å². The van der Waals surface area contributed by atoms with Crippen molar-refractivity contribution in [3.8, 4) is 11.5 Å². The van der Waals surface area contributed by atoms with E-state index in [-0.39, 0.29) is 18.2 Å². The molecule has 3 atom stereocenters. The van der Waals surface area contributed by atoms with Crippen molar-refractivity contribution in [1.82, 2.24) is 9.88 Å². The lowest BCUT2D eigenvalue weighted by Gasteiger charge is -2.29. The van der Waals surface area contributed by atoms with Crippen LogP contribution in [0, 0.1) is 0 Å². The summed E-state index contributed by atoms with van der Waals surface area (Å²) in [6.07, 6.45) is 1.91. The van der Waals surface area contributed by atoms with Crippen LogP contribution in [0.15, 0.2) is 46.0 Å². The first-order valence-electron chi connectivity index (χ1n) is 9.44. The van der Waals surface area contributed by atoms with Gasteiger partial charge in [-0.05, 0) is 43.7 Å². The normalized spacial score (nSPS) is 23.7. The van der Waals surface area contributed by atoms with Gasteiger partial charge < -0.3 is 14.4 Å². The quantitative estimate of drug-likeness (QED) is 0.609. The van der Waals surface area contributed by atoms with Gasteiger partial charge in [0.2, 0.25) is 0 Å². The SMILES string of the molecule is COc1cc([C@@H]2[C@@H](c3ccccn3)N=C3S[C@H](C)CN32)c(Br)cc1OC(C)C. The van der Waals surface area contributed by atoms with Crippen molar-refractivity contribution in [1.29, 1.82) is 0 Å². The molecular weight excluding hydrogens is 438 g/mol. The summed E-state index contributed by atoms with van der Waals surface area (Å²) in [5.74, 6) is 1.48. The van der Waals surface area contributed by atoms with Gasteiger partial charge in [-0.1, -0.05) is 40.7 Å². The van der Waals surface area contributed by atoms with Gasteiger partial charge in [-0.25, -0.2) is 0 Å². The Morgan fingerprint density at radius 2 is 2.07 bits per heavy atom. The zero-order chi connectivity index (χ0) is 19.8. The third-order valence-corrected chi connectivity index (χ3v) is 6.63. The predicted octanol–water partition coefficient (Wildman–Crippen LogP) is 5.23. The molecule has 0 saturated carbocycles. The lowest BCUT2D eigenvalue weighted by Crippen LogP contribution is -2.29. The Bertz CT molecular complexity index is 891. The van der Waals surface area contributed by atoms with Gasteiger partial charge in [-0.15, -0.1) is 0 Å². The smallest absolute Gasteiger partial charge is 0.162 e. The first-order chi connectivity index (χ1) is 13.5. The van der Waals surface area contributed by atoms with Gasteiger partial charge in [0, 0.05) is 22.5 Å². The molecule has 1 fully saturated rings. The summed E-state index contributed by atoms with van der Waals surface area (Å²) in [5, 5.41) is 1.62. The number of nitrogens with zero attached hydrogens (tertiary/aromatic N) is 3. The van der Waals surface area contributed by atoms with Gasteiger partial charge in [-0.3, -0.25) is 9.98 Å². The van der Waals surface area contributed by atoms with Crippen LogP contribution in [0.1, 0.15) is 44.1 Å². The van der Waals surface area contributed by atoms with Gasteiger partial charge in [0.1, 0.15) is 6.04 Å². The van der Waals surface area contributed by atoms with E-state index in [4.69, 9.17) is 14.5 Å². The molecule has 3 heterocycles. The van der Waals surface area contributed by atoms with Crippen molar-refractivity contribution in [2.24, 2.45) is 4.99 Å². The minimum atomic E-state index is -0.0472. The van der Waals surface area contributed by atoms with E-state index in [1.54, 1.807) is 7.11 Å². The maximum Gasteiger partial charge on any atom is 0.162 e. The number of hydrogen-bond donors (Lipinski definition) is 0. The minimum absolute atomic E-state index is 0.0472. The average Bonchev–Trinajstić information content (AvgIpc) is 3.18. The number of ether oxygens (including phenoxy) is 2. The standard InChI is InChI=1S/C21H24BrN3O2S/c1-12(2)27-18-10-15(22)14(9-17(18)26-4)20-19(16-7-5-6-8-23-16)24-21-25(20)11-13(3)28-21/h5-10,12-13,19-20H,11H2,1-4H3/t13-,19-,20-/m1/s1. The van der Waals surface area contributed by atoms with Gasteiger partial charge in [0.25, 0.3) is 0 Å². The number of amidine groups is 1. The summed E-state index contributed by atoms with van der Waals surface area (Å²) in [7, 11) is 1.68. The fraction of sp³-hybridized carbons (Fsp3) is 0.429. The largest absolute Gasteiger partial charge is 0.493 e. The van der Waals surface area contributed by atoms with Crippen LogP contribution < -0.4 is 9.47 Å². The maximum atomic E-state index is 5.94. The van der Waals surface area contributed by atoms with E-state index >= 15 is 0 Å². The first-order valence-corrected chi connectivity index (χ1v) is 11.1. The Labute approximate surface area is 178 Å². The number of benzene rings is 1. The molecule has 148 valence electrons. The van der Waals surface area contributed by atoms with Crippen molar-refractivity contribution in [3.63, 3.8) is 0 Å². The highest BCUT2D eigenvalue weighted by Gasteiger charge is 2.44. The molecular formula is C21H24BrN3O2S. The molecule has 0 N–H and O–H groups in total. The molecule has 0 spiro atoms. The molecule has 0 radical (unpaired) electrons. The number of aliphatic imine (C=N–C) groups is 1. The number of rotatable bonds is 5. The van der Waals surface area contributed by atoms with Gasteiger partial charge >= 0.3 is 0 Å². The summed E-state index contributed by atoms with van der Waals surface area (Å²) in [5.41, 5.74) is 2.12. The van der Waals surface area contributed by atoms with E-state index in [0.717, 1.165) is 38.9 Å². The fourth-order valence-electron chi connectivity index (χ4n) is 3.74. The molecule has 2 aliphatic rings. The molecule has 28 heavy (non-hydrogen) atoms. The first kappa shape index (κ1) is 19.6. The Balaban J connectivity index is 1.79. The summed E-state index contributed by atoms with van der Waals surface area (Å²) < 4.78 is 12.6. The fourth-order valence-corrected chi connectivity index (χ4v) is 5.39. The van der Waals surface area contributed by atoms with E-state index in [9.17, 15) is 0 Å². The molecule has 5 nitrogen and oxygen atoms in total. The van der Waals surface area contributed by atoms with Crippen molar-refractivity contribution in [3.05, 3.63) is 52.3 Å². The molecule has 0 amide bonds. The van der Waals surface area contributed by atoms with Gasteiger partial charge in [0.05, 0.1) is 24.9 Å². The van der Waals surface area contributed by atoms with Crippen molar-refractivity contribution in [2.45, 2.75) is 44.2 Å². The Morgan fingerprint density at radius 3 is 2.75 bits per heavy atom. The lowest BCUT2D eigenvalue weighted by molar-refractivity contribution is 0.229. The van der Waals surface area contributed by atoms with E-state index in [2.05, 4.69) is 44.9 Å². The predicted molar refractivity (Wildman–Crippen MR) is 117 cm³/mol. The summed E-state index contributed by atoms with van der Waals surface area (Å²) >= 11 is 5.62. The van der Waals surface area contributed by atoms with E-state index in [1.807, 2.05) is 50.0 Å². The second kappa shape index (κ2) is 7.95. The molecule has 4 rings (SSSR count). The van der Waals surface area contributed by atoms with Crippen molar-refractivity contribution < 1.29 is 9.47 Å². The number of pyridine rings is 1. The molecule has 2 aromatic rings. The highest BCUT2D eigenvalue weighted by Crippen LogP contribution is 2.50. The zero-order valence-electron chi connectivity index (χ0n) is 16.4. The lowest BCUT2D eigenvalue weighted by atomic mass is 9.96. The molecule has 1 saturated heterocycles. The number of thioether (sulfide) groups is 1. The van der Waals surface area contributed by atoms with Gasteiger partial charge in [0.15, 0.2) is 16.7 Å². The summed E-state index contributed by atoms with van der Waals surface area (Å²) in [4.78, 5) is 12.0. The highest BCUT2D eigenvalue weighted by atomic mass is 79.9.